The monoisotopic (exact) mass is 343 g/mol. The van der Waals surface area contributed by atoms with E-state index in [4.69, 9.17) is 0 Å². The van der Waals surface area contributed by atoms with Crippen LogP contribution in [0.4, 0.5) is 4.39 Å². The van der Waals surface area contributed by atoms with Crippen molar-refractivity contribution in [3.05, 3.63) is 47.0 Å². The number of likely N-dealkylation sites (tertiary alicyclic amines) is 1. The molecule has 1 aliphatic heterocycles. The number of halogens is 1. The number of aliphatic hydroxyl groups is 1. The second-order valence-corrected chi connectivity index (χ2v) is 6.91. The molecule has 0 spiro atoms. The first-order chi connectivity index (χ1) is 12.2. The zero-order valence-corrected chi connectivity index (χ0v) is 14.1. The Labute approximate surface area is 146 Å². The molecule has 1 N–H and O–H groups in total. The number of para-hydroxylation sites is 1. The smallest absolute Gasteiger partial charge is 0.274 e. The standard InChI is InChI=1S/C19H22FN3O2/c20-15-5-1-2-6-17(15)23-16-7-3-4-14(16)18(21-23)19(25)22-10-8-13(12-24)9-11-22/h1-2,5-6,13,24H,3-4,7-12H2. The third kappa shape index (κ3) is 2.84. The predicted molar refractivity (Wildman–Crippen MR) is 91.3 cm³/mol. The number of amides is 1. The SMILES string of the molecule is O=C(c1nn(-c2ccccc2F)c2c1CCC2)N1CCC(CO)CC1. The number of hydrogen-bond donors (Lipinski definition) is 1. The van der Waals surface area contributed by atoms with Crippen molar-refractivity contribution >= 4 is 5.91 Å². The summed E-state index contributed by atoms with van der Waals surface area (Å²) in [4.78, 5) is 14.8. The summed E-state index contributed by atoms with van der Waals surface area (Å²) in [6, 6.07) is 6.55. The Morgan fingerprint density at radius 2 is 2.00 bits per heavy atom. The summed E-state index contributed by atoms with van der Waals surface area (Å²) in [7, 11) is 0. The van der Waals surface area contributed by atoms with Crippen LogP contribution in [0, 0.1) is 11.7 Å². The molecule has 1 saturated heterocycles. The maximum absolute atomic E-state index is 14.2. The van der Waals surface area contributed by atoms with Crippen LogP contribution in [-0.2, 0) is 12.8 Å². The zero-order valence-electron chi connectivity index (χ0n) is 14.1. The van der Waals surface area contributed by atoms with Gasteiger partial charge in [-0.05, 0) is 50.2 Å². The lowest BCUT2D eigenvalue weighted by molar-refractivity contribution is 0.0643. The van der Waals surface area contributed by atoms with Gasteiger partial charge in [0, 0.05) is 31.0 Å². The predicted octanol–water partition coefficient (Wildman–Crippen LogP) is 2.34. The highest BCUT2D eigenvalue weighted by molar-refractivity contribution is 5.94. The molecule has 132 valence electrons. The number of hydrogen-bond acceptors (Lipinski definition) is 3. The van der Waals surface area contributed by atoms with E-state index in [-0.39, 0.29) is 24.2 Å². The van der Waals surface area contributed by atoms with E-state index < -0.39 is 0 Å². The van der Waals surface area contributed by atoms with E-state index in [0.29, 0.717) is 24.5 Å². The molecule has 6 heteroatoms. The van der Waals surface area contributed by atoms with Crippen molar-refractivity contribution in [3.63, 3.8) is 0 Å². The van der Waals surface area contributed by atoms with E-state index >= 15 is 0 Å². The van der Waals surface area contributed by atoms with Crippen LogP contribution < -0.4 is 0 Å². The highest BCUT2D eigenvalue weighted by Crippen LogP contribution is 2.30. The Hall–Kier alpha value is -2.21. The summed E-state index contributed by atoms with van der Waals surface area (Å²) in [6.45, 7) is 1.47. The lowest BCUT2D eigenvalue weighted by Gasteiger charge is -2.30. The van der Waals surface area contributed by atoms with Crippen LogP contribution in [0.2, 0.25) is 0 Å². The molecule has 0 radical (unpaired) electrons. The topological polar surface area (TPSA) is 58.4 Å². The molecule has 0 atom stereocenters. The molecule has 1 aliphatic carbocycles. The van der Waals surface area contributed by atoms with Gasteiger partial charge in [-0.1, -0.05) is 12.1 Å². The molecule has 0 saturated carbocycles. The van der Waals surface area contributed by atoms with E-state index in [9.17, 15) is 14.3 Å². The summed E-state index contributed by atoms with van der Waals surface area (Å²) in [5.41, 5.74) is 2.80. The molecule has 1 amide bonds. The molecule has 5 nitrogen and oxygen atoms in total. The summed E-state index contributed by atoms with van der Waals surface area (Å²) < 4.78 is 15.8. The van der Waals surface area contributed by atoms with Crippen LogP contribution >= 0.6 is 0 Å². The summed E-state index contributed by atoms with van der Waals surface area (Å²) >= 11 is 0. The van der Waals surface area contributed by atoms with Crippen LogP contribution in [-0.4, -0.2) is 45.4 Å². The maximum atomic E-state index is 14.2. The average Bonchev–Trinajstić information content (AvgIpc) is 3.24. The molecule has 1 aromatic heterocycles. The Kier molecular flexibility index (Phi) is 4.29. The Morgan fingerprint density at radius 1 is 1.24 bits per heavy atom. The van der Waals surface area contributed by atoms with Crippen LogP contribution in [0.1, 0.15) is 41.0 Å². The van der Waals surface area contributed by atoms with Gasteiger partial charge in [0.05, 0.1) is 0 Å². The fourth-order valence-electron chi connectivity index (χ4n) is 3.90. The largest absolute Gasteiger partial charge is 0.396 e. The van der Waals surface area contributed by atoms with Gasteiger partial charge in [0.15, 0.2) is 5.69 Å². The van der Waals surface area contributed by atoms with Gasteiger partial charge in [-0.2, -0.15) is 5.10 Å². The van der Waals surface area contributed by atoms with Crippen molar-refractivity contribution in [1.82, 2.24) is 14.7 Å². The van der Waals surface area contributed by atoms with E-state index in [0.717, 1.165) is 43.4 Å². The minimum atomic E-state index is -0.331. The number of piperidine rings is 1. The average molecular weight is 343 g/mol. The lowest BCUT2D eigenvalue weighted by Crippen LogP contribution is -2.39. The molecule has 4 rings (SSSR count). The first-order valence-electron chi connectivity index (χ1n) is 8.95. The van der Waals surface area contributed by atoms with Gasteiger partial charge in [-0.15, -0.1) is 0 Å². The van der Waals surface area contributed by atoms with Crippen LogP contribution in [0.25, 0.3) is 5.69 Å². The molecule has 2 aliphatic rings. The first-order valence-corrected chi connectivity index (χ1v) is 8.95. The zero-order chi connectivity index (χ0) is 17.4. The van der Waals surface area contributed by atoms with E-state index in [1.54, 1.807) is 22.9 Å². The first kappa shape index (κ1) is 16.3. The van der Waals surface area contributed by atoms with Gasteiger partial charge in [-0.3, -0.25) is 4.79 Å². The normalized spacial score (nSPS) is 17.8. The molecule has 1 fully saturated rings. The fraction of sp³-hybridized carbons (Fsp3) is 0.474. The Morgan fingerprint density at radius 3 is 2.72 bits per heavy atom. The van der Waals surface area contributed by atoms with E-state index in [2.05, 4.69) is 5.10 Å². The fourth-order valence-corrected chi connectivity index (χ4v) is 3.90. The molecule has 0 bridgehead atoms. The quantitative estimate of drug-likeness (QED) is 0.931. The number of aromatic nitrogens is 2. The number of carbonyl (C=O) groups is 1. The van der Waals surface area contributed by atoms with Gasteiger partial charge in [0.2, 0.25) is 0 Å². The Bertz CT molecular complexity index is 794. The second-order valence-electron chi connectivity index (χ2n) is 6.91. The minimum absolute atomic E-state index is 0.0652. The lowest BCUT2D eigenvalue weighted by atomic mass is 9.97. The van der Waals surface area contributed by atoms with Crippen molar-refractivity contribution in [3.8, 4) is 5.69 Å². The van der Waals surface area contributed by atoms with Crippen LogP contribution in [0.15, 0.2) is 24.3 Å². The van der Waals surface area contributed by atoms with Crippen molar-refractivity contribution in [2.75, 3.05) is 19.7 Å². The van der Waals surface area contributed by atoms with Gasteiger partial charge in [-0.25, -0.2) is 9.07 Å². The second kappa shape index (κ2) is 6.59. The summed E-state index contributed by atoms with van der Waals surface area (Å²) in [5.74, 6) is -0.113. The van der Waals surface area contributed by atoms with Gasteiger partial charge >= 0.3 is 0 Å². The highest BCUT2D eigenvalue weighted by Gasteiger charge is 2.31. The van der Waals surface area contributed by atoms with Crippen molar-refractivity contribution < 1.29 is 14.3 Å². The van der Waals surface area contributed by atoms with Gasteiger partial charge < -0.3 is 10.0 Å². The maximum Gasteiger partial charge on any atom is 0.274 e. The third-order valence-electron chi connectivity index (χ3n) is 5.37. The van der Waals surface area contributed by atoms with Crippen molar-refractivity contribution in [1.29, 1.82) is 0 Å². The molecule has 25 heavy (non-hydrogen) atoms. The number of nitrogens with zero attached hydrogens (tertiary/aromatic N) is 3. The molecule has 2 heterocycles. The molecular weight excluding hydrogens is 321 g/mol. The van der Waals surface area contributed by atoms with Gasteiger partial charge in [0.25, 0.3) is 5.91 Å². The Balaban J connectivity index is 1.66. The van der Waals surface area contributed by atoms with Gasteiger partial charge in [0.1, 0.15) is 11.5 Å². The van der Waals surface area contributed by atoms with Crippen LogP contribution in [0.3, 0.4) is 0 Å². The van der Waals surface area contributed by atoms with Crippen LogP contribution in [0.5, 0.6) is 0 Å². The van der Waals surface area contributed by atoms with E-state index in [1.807, 2.05) is 4.90 Å². The summed E-state index contributed by atoms with van der Waals surface area (Å²) in [5, 5.41) is 13.8. The number of aliphatic hydroxyl groups excluding tert-OH is 1. The van der Waals surface area contributed by atoms with Crippen molar-refractivity contribution in [2.24, 2.45) is 5.92 Å². The number of benzene rings is 1. The third-order valence-corrected chi connectivity index (χ3v) is 5.37. The van der Waals surface area contributed by atoms with E-state index in [1.165, 1.54) is 6.07 Å². The molecule has 0 unspecified atom stereocenters. The molecule has 1 aromatic carbocycles. The number of carbonyl (C=O) groups excluding carboxylic acids is 1. The number of rotatable bonds is 3. The molecular formula is C19H22FN3O2. The summed E-state index contributed by atoms with van der Waals surface area (Å²) in [6.07, 6.45) is 4.24. The minimum Gasteiger partial charge on any atom is -0.396 e. The molecule has 2 aromatic rings. The van der Waals surface area contributed by atoms with Crippen molar-refractivity contribution in [2.45, 2.75) is 32.1 Å². The number of fused-ring (bicyclic) bond motifs is 1. The highest BCUT2D eigenvalue weighted by atomic mass is 19.1.